The first-order chi connectivity index (χ1) is 21.8. The largest absolute Gasteiger partial charge is 0.353 e. The summed E-state index contributed by atoms with van der Waals surface area (Å²) < 4.78 is 23.6. The van der Waals surface area contributed by atoms with Crippen LogP contribution in [0, 0.1) is 31.6 Å². The maximum atomic E-state index is 13.0. The van der Waals surface area contributed by atoms with Crippen LogP contribution in [0.2, 0.25) is 0 Å². The lowest BCUT2D eigenvalue weighted by atomic mass is 9.78. The van der Waals surface area contributed by atoms with E-state index in [2.05, 4.69) is 67.2 Å². The number of rotatable bonds is 9. The van der Waals surface area contributed by atoms with Gasteiger partial charge in [-0.1, -0.05) is 31.0 Å². The average molecular weight is 665 g/mol. The van der Waals surface area contributed by atoms with Gasteiger partial charge in [0.15, 0.2) is 9.84 Å². The number of aryl methyl sites for hydroxylation is 2. The lowest BCUT2D eigenvalue weighted by Crippen LogP contribution is -2.44. The number of fused-ring (bicyclic) bond motifs is 3. The predicted molar refractivity (Wildman–Crippen MR) is 185 cm³/mol. The number of likely N-dealkylation sites (tertiary alicyclic amines) is 1. The molecule has 46 heavy (non-hydrogen) atoms. The Bertz CT molecular complexity index is 1740. The van der Waals surface area contributed by atoms with Crippen molar-refractivity contribution in [3.8, 4) is 11.3 Å². The second-order valence-corrected chi connectivity index (χ2v) is 18.6. The maximum absolute atomic E-state index is 13.0. The first kappa shape index (κ1) is 31.9. The molecule has 2 aromatic heterocycles. The van der Waals surface area contributed by atoms with Crippen LogP contribution in [0.25, 0.3) is 21.5 Å². The van der Waals surface area contributed by atoms with Crippen LogP contribution in [0.15, 0.2) is 24.3 Å². The Morgan fingerprint density at radius 1 is 1.02 bits per heavy atom. The molecule has 10 heteroatoms. The van der Waals surface area contributed by atoms with Crippen LogP contribution in [0.3, 0.4) is 0 Å². The van der Waals surface area contributed by atoms with E-state index >= 15 is 0 Å². The SMILES string of the molecule is Cc1cc(C)cc(-c2[nH]c3sc(C(C)(C)CC4C5CCC4C(=O)N5)cc3c2CCN2CCC(CC(=O)N3CCS(=O)(=O)CC3)C2)c1. The molecule has 1 aliphatic carbocycles. The molecule has 4 aliphatic rings. The van der Waals surface area contributed by atoms with Crippen LogP contribution >= 0.6 is 11.3 Å². The van der Waals surface area contributed by atoms with Crippen LogP contribution in [0.4, 0.5) is 0 Å². The fraction of sp³-hybridized carbons (Fsp3) is 0.611. The van der Waals surface area contributed by atoms with E-state index in [0.29, 0.717) is 37.4 Å². The molecule has 7 rings (SSSR count). The molecular weight excluding hydrogens is 617 g/mol. The standard InChI is InChI=1S/C36H48N4O4S2/c1-22-15-23(2)17-25(16-22)33-26(8-10-39-9-7-24(21-39)18-32(41)40-11-13-46(43,44)14-12-40)28-19-31(45-35(28)38-33)36(3,4)20-29-27-5-6-30(29)37-34(27)42/h15-17,19,24,27,29-30,38H,5-14,18,20-21H2,1-4H3,(H,37,42). The zero-order valence-corrected chi connectivity index (χ0v) is 29.3. The van der Waals surface area contributed by atoms with Crippen molar-refractivity contribution in [2.24, 2.45) is 17.8 Å². The topological polar surface area (TPSA) is 103 Å². The number of benzene rings is 1. The van der Waals surface area contributed by atoms with E-state index in [1.807, 2.05) is 11.3 Å². The fourth-order valence-corrected chi connectivity index (χ4v) is 11.1. The van der Waals surface area contributed by atoms with Crippen LogP contribution in [-0.4, -0.2) is 85.3 Å². The van der Waals surface area contributed by atoms with Crippen LogP contribution in [0.5, 0.6) is 0 Å². The monoisotopic (exact) mass is 664 g/mol. The van der Waals surface area contributed by atoms with Crippen LogP contribution in [-0.2, 0) is 31.3 Å². The number of nitrogens with zero attached hydrogens (tertiary/aromatic N) is 2. The van der Waals surface area contributed by atoms with E-state index in [4.69, 9.17) is 0 Å². The summed E-state index contributed by atoms with van der Waals surface area (Å²) in [6.45, 7) is 12.5. The molecule has 0 spiro atoms. The Kier molecular flexibility index (Phi) is 8.37. The van der Waals surface area contributed by atoms with Crippen molar-refractivity contribution in [2.45, 2.75) is 77.7 Å². The number of thiophene rings is 1. The van der Waals surface area contributed by atoms with E-state index in [1.165, 1.54) is 43.0 Å². The van der Waals surface area contributed by atoms with E-state index in [-0.39, 0.29) is 34.7 Å². The molecule has 3 aromatic rings. The molecule has 3 saturated heterocycles. The molecule has 4 fully saturated rings. The number of carbonyl (C=O) groups is 2. The third-order valence-corrected chi connectivity index (χ3v) is 14.2. The van der Waals surface area contributed by atoms with Crippen molar-refractivity contribution < 1.29 is 18.0 Å². The summed E-state index contributed by atoms with van der Waals surface area (Å²) in [5, 5.41) is 4.55. The Balaban J connectivity index is 1.08. The zero-order valence-electron chi connectivity index (χ0n) is 27.7. The van der Waals surface area contributed by atoms with Gasteiger partial charge in [0, 0.05) is 54.8 Å². The highest BCUT2D eigenvalue weighted by molar-refractivity contribution is 7.91. The third-order valence-electron chi connectivity index (χ3n) is 11.2. The summed E-state index contributed by atoms with van der Waals surface area (Å²) in [6.07, 6.45) is 5.59. The number of hydrogen-bond acceptors (Lipinski definition) is 6. The molecule has 3 aliphatic heterocycles. The minimum absolute atomic E-state index is 0.0209. The van der Waals surface area contributed by atoms with E-state index in [0.717, 1.165) is 51.7 Å². The molecule has 0 radical (unpaired) electrons. The zero-order chi connectivity index (χ0) is 32.4. The molecule has 2 bridgehead atoms. The lowest BCUT2D eigenvalue weighted by molar-refractivity contribution is -0.131. The normalized spacial score (nSPS) is 26.3. The number of amides is 2. The first-order valence-electron chi connectivity index (χ1n) is 17.1. The second kappa shape index (κ2) is 12.1. The van der Waals surface area contributed by atoms with Gasteiger partial charge in [0.1, 0.15) is 4.83 Å². The third kappa shape index (κ3) is 6.29. The molecule has 8 nitrogen and oxygen atoms in total. The molecule has 2 N–H and O–H groups in total. The van der Waals surface area contributed by atoms with Gasteiger partial charge in [0.25, 0.3) is 0 Å². The van der Waals surface area contributed by atoms with Crippen molar-refractivity contribution in [1.29, 1.82) is 0 Å². The van der Waals surface area contributed by atoms with Crippen molar-refractivity contribution in [3.63, 3.8) is 0 Å². The van der Waals surface area contributed by atoms with Gasteiger partial charge in [-0.05, 0) is 99.1 Å². The number of piperidine rings is 1. The van der Waals surface area contributed by atoms with Gasteiger partial charge in [-0.25, -0.2) is 8.42 Å². The second-order valence-electron chi connectivity index (χ2n) is 15.2. The van der Waals surface area contributed by atoms with Gasteiger partial charge in [0.05, 0.1) is 17.2 Å². The maximum Gasteiger partial charge on any atom is 0.223 e. The number of aromatic amines is 1. The van der Waals surface area contributed by atoms with Gasteiger partial charge >= 0.3 is 0 Å². The molecule has 4 atom stereocenters. The van der Waals surface area contributed by atoms with E-state index in [9.17, 15) is 18.0 Å². The van der Waals surface area contributed by atoms with Gasteiger partial charge in [-0.3, -0.25) is 9.59 Å². The smallest absolute Gasteiger partial charge is 0.223 e. The summed E-state index contributed by atoms with van der Waals surface area (Å²) in [4.78, 5) is 36.1. The summed E-state index contributed by atoms with van der Waals surface area (Å²) in [5.74, 6) is 1.45. The first-order valence-corrected chi connectivity index (χ1v) is 19.7. The summed E-state index contributed by atoms with van der Waals surface area (Å²) >= 11 is 1.87. The van der Waals surface area contributed by atoms with Crippen molar-refractivity contribution in [3.05, 3.63) is 45.8 Å². The van der Waals surface area contributed by atoms with Gasteiger partial charge in [-0.15, -0.1) is 11.3 Å². The Labute approximate surface area is 277 Å². The van der Waals surface area contributed by atoms with Gasteiger partial charge in [0.2, 0.25) is 11.8 Å². The Morgan fingerprint density at radius 3 is 2.43 bits per heavy atom. The van der Waals surface area contributed by atoms with E-state index < -0.39 is 9.84 Å². The highest BCUT2D eigenvalue weighted by atomic mass is 32.2. The molecule has 5 heterocycles. The number of aromatic nitrogens is 1. The summed E-state index contributed by atoms with van der Waals surface area (Å²) in [5.41, 5.74) is 6.31. The number of carbonyl (C=O) groups excluding carboxylic acids is 2. The Hall–Kier alpha value is -2.69. The van der Waals surface area contributed by atoms with Crippen LogP contribution in [0.1, 0.15) is 67.5 Å². The minimum atomic E-state index is -2.99. The minimum Gasteiger partial charge on any atom is -0.353 e. The quantitative estimate of drug-likeness (QED) is 0.327. The molecule has 1 aromatic carbocycles. The fourth-order valence-electron chi connectivity index (χ4n) is 8.72. The highest BCUT2D eigenvalue weighted by Crippen LogP contribution is 2.48. The number of H-pyrrole nitrogens is 1. The van der Waals surface area contributed by atoms with Crippen molar-refractivity contribution in [2.75, 3.05) is 44.2 Å². The molecule has 2 amide bonds. The number of sulfone groups is 1. The molecule has 1 saturated carbocycles. The molecule has 248 valence electrons. The van der Waals surface area contributed by atoms with Gasteiger partial charge in [-0.2, -0.15) is 0 Å². The number of hydrogen-bond donors (Lipinski definition) is 2. The van der Waals surface area contributed by atoms with E-state index in [1.54, 1.807) is 4.90 Å². The highest BCUT2D eigenvalue weighted by Gasteiger charge is 2.49. The number of nitrogens with one attached hydrogen (secondary N) is 2. The van der Waals surface area contributed by atoms with Crippen LogP contribution < -0.4 is 5.32 Å². The van der Waals surface area contributed by atoms with Crippen molar-refractivity contribution in [1.82, 2.24) is 20.1 Å². The van der Waals surface area contributed by atoms with Gasteiger partial charge < -0.3 is 20.1 Å². The predicted octanol–water partition coefficient (Wildman–Crippen LogP) is 5.22. The average Bonchev–Trinajstić information content (AvgIpc) is 3.79. The molecule has 4 unspecified atom stereocenters. The molecular formula is C36H48N4O4S2. The summed E-state index contributed by atoms with van der Waals surface area (Å²) in [7, 11) is -2.99. The summed E-state index contributed by atoms with van der Waals surface area (Å²) in [6, 6.07) is 9.54. The van der Waals surface area contributed by atoms with Crippen molar-refractivity contribution >= 4 is 43.2 Å². The Morgan fingerprint density at radius 2 is 1.76 bits per heavy atom. The lowest BCUT2D eigenvalue weighted by Gasteiger charge is -2.28.